The van der Waals surface area contributed by atoms with Crippen molar-refractivity contribution in [3.63, 3.8) is 0 Å². The van der Waals surface area contributed by atoms with E-state index in [2.05, 4.69) is 0 Å². The van der Waals surface area contributed by atoms with E-state index >= 15 is 0 Å². The molecule has 0 spiro atoms. The molecule has 0 aliphatic carbocycles. The average Bonchev–Trinajstić information content (AvgIpc) is 2.42. The molecule has 2 rings (SSSR count). The van der Waals surface area contributed by atoms with E-state index in [0.717, 1.165) is 12.0 Å². The lowest BCUT2D eigenvalue weighted by molar-refractivity contribution is -0.0387. The number of hydrogen-bond acceptors (Lipinski definition) is 3. The molecule has 1 aliphatic heterocycles. The van der Waals surface area contributed by atoms with Crippen LogP contribution in [0.1, 0.15) is 29.8 Å². The first kappa shape index (κ1) is 14.0. The number of carbonyl (C=O) groups is 1. The molecule has 1 aliphatic rings. The van der Waals surface area contributed by atoms with Gasteiger partial charge in [0.15, 0.2) is 0 Å². The van der Waals surface area contributed by atoms with E-state index in [1.165, 1.54) is 5.56 Å². The van der Waals surface area contributed by atoms with Gasteiger partial charge in [-0.15, -0.1) is 0 Å². The summed E-state index contributed by atoms with van der Waals surface area (Å²) in [5.74, 6) is 0.0851. The Morgan fingerprint density at radius 1 is 1.37 bits per heavy atom. The lowest BCUT2D eigenvalue weighted by atomic mass is 10.1. The number of ether oxygens (including phenoxy) is 1. The maximum atomic E-state index is 12.5. The molecule has 4 heteroatoms. The van der Waals surface area contributed by atoms with Crippen molar-refractivity contribution in [1.29, 1.82) is 0 Å². The predicted octanol–water partition coefficient (Wildman–Crippen LogP) is 1.44. The molecule has 1 amide bonds. The summed E-state index contributed by atoms with van der Waals surface area (Å²) >= 11 is 0. The van der Waals surface area contributed by atoms with Gasteiger partial charge in [-0.25, -0.2) is 0 Å². The number of nitrogens with zero attached hydrogens (tertiary/aromatic N) is 1. The number of morpholine rings is 1. The lowest BCUT2D eigenvalue weighted by Crippen LogP contribution is -2.50. The average molecular weight is 262 g/mol. The van der Waals surface area contributed by atoms with E-state index in [4.69, 9.17) is 10.5 Å². The van der Waals surface area contributed by atoms with Crippen LogP contribution in [0.4, 0.5) is 0 Å². The zero-order valence-corrected chi connectivity index (χ0v) is 11.6. The largest absolute Gasteiger partial charge is 0.375 e. The summed E-state index contributed by atoms with van der Waals surface area (Å²) in [6.07, 6.45) is 0.955. The molecule has 1 heterocycles. The minimum Gasteiger partial charge on any atom is -0.375 e. The van der Waals surface area contributed by atoms with Gasteiger partial charge in [-0.2, -0.15) is 0 Å². The minimum absolute atomic E-state index is 0.0851. The SMILES string of the molecule is CC1CN(C(=O)c2ccc(CCN)cc2)C(C)CO1. The van der Waals surface area contributed by atoms with Crippen LogP contribution < -0.4 is 5.73 Å². The maximum absolute atomic E-state index is 12.5. The number of nitrogens with two attached hydrogens (primary N) is 1. The van der Waals surface area contributed by atoms with Crippen molar-refractivity contribution >= 4 is 5.91 Å². The Bertz CT molecular complexity index is 430. The fourth-order valence-corrected chi connectivity index (χ4v) is 2.33. The van der Waals surface area contributed by atoms with Crippen LogP contribution in [0.25, 0.3) is 0 Å². The van der Waals surface area contributed by atoms with Crippen molar-refractivity contribution < 1.29 is 9.53 Å². The Balaban J connectivity index is 2.09. The third-order valence-corrected chi connectivity index (χ3v) is 3.50. The Kier molecular flexibility index (Phi) is 4.56. The molecule has 1 aromatic carbocycles. The molecule has 0 saturated carbocycles. The summed E-state index contributed by atoms with van der Waals surface area (Å²) in [4.78, 5) is 14.4. The minimum atomic E-state index is 0.0851. The first-order valence-electron chi connectivity index (χ1n) is 6.83. The van der Waals surface area contributed by atoms with E-state index in [9.17, 15) is 4.79 Å². The number of rotatable bonds is 3. The molecule has 2 unspecified atom stereocenters. The van der Waals surface area contributed by atoms with Crippen molar-refractivity contribution in [1.82, 2.24) is 4.90 Å². The van der Waals surface area contributed by atoms with Crippen LogP contribution in [-0.4, -0.2) is 42.6 Å². The maximum Gasteiger partial charge on any atom is 0.254 e. The predicted molar refractivity (Wildman–Crippen MR) is 75.1 cm³/mol. The highest BCUT2D eigenvalue weighted by Crippen LogP contribution is 2.16. The lowest BCUT2D eigenvalue weighted by Gasteiger charge is -2.36. The molecule has 104 valence electrons. The molecular formula is C15H22N2O2. The van der Waals surface area contributed by atoms with Crippen LogP contribution >= 0.6 is 0 Å². The second-order valence-corrected chi connectivity index (χ2v) is 5.19. The van der Waals surface area contributed by atoms with Gasteiger partial charge in [0.05, 0.1) is 18.8 Å². The first-order chi connectivity index (χ1) is 9.11. The van der Waals surface area contributed by atoms with Crippen LogP contribution in [0, 0.1) is 0 Å². The van der Waals surface area contributed by atoms with Gasteiger partial charge in [0.1, 0.15) is 0 Å². The Morgan fingerprint density at radius 2 is 2.05 bits per heavy atom. The number of benzene rings is 1. The van der Waals surface area contributed by atoms with Crippen molar-refractivity contribution in [2.24, 2.45) is 5.73 Å². The van der Waals surface area contributed by atoms with Gasteiger partial charge >= 0.3 is 0 Å². The first-order valence-corrected chi connectivity index (χ1v) is 6.83. The second-order valence-electron chi connectivity index (χ2n) is 5.19. The van der Waals surface area contributed by atoms with Gasteiger partial charge < -0.3 is 15.4 Å². The molecule has 2 N–H and O–H groups in total. The molecular weight excluding hydrogens is 240 g/mol. The van der Waals surface area contributed by atoms with Gasteiger partial charge in [0.25, 0.3) is 5.91 Å². The number of hydrogen-bond donors (Lipinski definition) is 1. The van der Waals surface area contributed by atoms with Crippen molar-refractivity contribution in [3.8, 4) is 0 Å². The summed E-state index contributed by atoms with van der Waals surface area (Å²) in [5.41, 5.74) is 7.43. The fraction of sp³-hybridized carbons (Fsp3) is 0.533. The van der Waals surface area contributed by atoms with Gasteiger partial charge in [-0.05, 0) is 44.5 Å². The highest BCUT2D eigenvalue weighted by Gasteiger charge is 2.28. The molecule has 4 nitrogen and oxygen atoms in total. The van der Waals surface area contributed by atoms with Crippen LogP contribution in [0.3, 0.4) is 0 Å². The third-order valence-electron chi connectivity index (χ3n) is 3.50. The highest BCUT2D eigenvalue weighted by atomic mass is 16.5. The fourth-order valence-electron chi connectivity index (χ4n) is 2.33. The smallest absolute Gasteiger partial charge is 0.254 e. The van der Waals surface area contributed by atoms with E-state index in [1.807, 2.05) is 43.0 Å². The zero-order chi connectivity index (χ0) is 13.8. The number of carbonyl (C=O) groups excluding carboxylic acids is 1. The molecule has 2 atom stereocenters. The van der Waals surface area contributed by atoms with E-state index in [-0.39, 0.29) is 18.1 Å². The molecule has 1 saturated heterocycles. The molecule has 0 radical (unpaired) electrons. The van der Waals surface area contributed by atoms with E-state index in [1.54, 1.807) is 0 Å². The normalized spacial score (nSPS) is 23.4. The Hall–Kier alpha value is -1.39. The summed E-state index contributed by atoms with van der Waals surface area (Å²) in [5, 5.41) is 0. The Labute approximate surface area is 114 Å². The zero-order valence-electron chi connectivity index (χ0n) is 11.6. The van der Waals surface area contributed by atoms with Crippen molar-refractivity contribution in [2.75, 3.05) is 19.7 Å². The van der Waals surface area contributed by atoms with Gasteiger partial charge in [0, 0.05) is 12.1 Å². The summed E-state index contributed by atoms with van der Waals surface area (Å²) in [7, 11) is 0. The van der Waals surface area contributed by atoms with Crippen molar-refractivity contribution in [2.45, 2.75) is 32.4 Å². The van der Waals surface area contributed by atoms with Crippen LogP contribution in [0.5, 0.6) is 0 Å². The van der Waals surface area contributed by atoms with Crippen LogP contribution in [0.15, 0.2) is 24.3 Å². The van der Waals surface area contributed by atoms with E-state index < -0.39 is 0 Å². The molecule has 1 fully saturated rings. The van der Waals surface area contributed by atoms with Gasteiger partial charge in [0.2, 0.25) is 0 Å². The third kappa shape index (κ3) is 3.33. The topological polar surface area (TPSA) is 55.6 Å². The van der Waals surface area contributed by atoms with E-state index in [0.29, 0.717) is 19.7 Å². The van der Waals surface area contributed by atoms with Crippen LogP contribution in [0.2, 0.25) is 0 Å². The molecule has 0 bridgehead atoms. The second kappa shape index (κ2) is 6.17. The monoisotopic (exact) mass is 262 g/mol. The number of amides is 1. The Morgan fingerprint density at radius 3 is 2.68 bits per heavy atom. The van der Waals surface area contributed by atoms with Gasteiger partial charge in [-0.3, -0.25) is 4.79 Å². The van der Waals surface area contributed by atoms with Crippen molar-refractivity contribution in [3.05, 3.63) is 35.4 Å². The quantitative estimate of drug-likeness (QED) is 0.896. The molecule has 0 aromatic heterocycles. The highest BCUT2D eigenvalue weighted by molar-refractivity contribution is 5.94. The summed E-state index contributed by atoms with van der Waals surface area (Å²) in [6, 6.07) is 7.87. The summed E-state index contributed by atoms with van der Waals surface area (Å²) < 4.78 is 5.55. The summed E-state index contributed by atoms with van der Waals surface area (Å²) in [6.45, 7) is 5.91. The van der Waals surface area contributed by atoms with Crippen LogP contribution in [-0.2, 0) is 11.2 Å². The molecule has 1 aromatic rings. The van der Waals surface area contributed by atoms with Gasteiger partial charge in [-0.1, -0.05) is 12.1 Å². The standard InChI is InChI=1S/C15H22N2O2/c1-11-10-19-12(2)9-17(11)15(18)14-5-3-13(4-6-14)7-8-16/h3-6,11-12H,7-10,16H2,1-2H3. The molecule has 19 heavy (non-hydrogen) atoms.